The molecule has 6 nitrogen and oxygen atoms in total. The zero-order valence-electron chi connectivity index (χ0n) is 14.5. The van der Waals surface area contributed by atoms with Crippen LogP contribution in [0.5, 0.6) is 0 Å². The number of nitrogens with one attached hydrogen (secondary N) is 3. The summed E-state index contributed by atoms with van der Waals surface area (Å²) in [6.07, 6.45) is 1.71. The maximum absolute atomic E-state index is 12.0. The summed E-state index contributed by atoms with van der Waals surface area (Å²) in [5.41, 5.74) is 1.81. The molecule has 1 atom stereocenters. The van der Waals surface area contributed by atoms with Crippen LogP contribution in [0.15, 0.2) is 54.7 Å². The van der Waals surface area contributed by atoms with Gasteiger partial charge in [-0.05, 0) is 23.6 Å². The number of carbonyl (C=O) groups excluding carboxylic acids is 2. The Morgan fingerprint density at radius 1 is 1.04 bits per heavy atom. The highest BCUT2D eigenvalue weighted by Gasteiger charge is 2.16. The molecule has 0 saturated heterocycles. The lowest BCUT2D eigenvalue weighted by Crippen LogP contribution is -2.45. The Morgan fingerprint density at radius 3 is 2.40 bits per heavy atom. The van der Waals surface area contributed by atoms with Crippen LogP contribution < -0.4 is 16.0 Å². The van der Waals surface area contributed by atoms with E-state index in [1.54, 1.807) is 6.20 Å². The minimum absolute atomic E-state index is 0.00519. The number of hydrogen-bond donors (Lipinski definition) is 3. The van der Waals surface area contributed by atoms with Gasteiger partial charge in [-0.2, -0.15) is 0 Å². The van der Waals surface area contributed by atoms with Gasteiger partial charge in [0.2, 0.25) is 5.91 Å². The molecule has 1 unspecified atom stereocenters. The summed E-state index contributed by atoms with van der Waals surface area (Å²) >= 11 is 0. The predicted octanol–water partition coefficient (Wildman–Crippen LogP) is 2.24. The summed E-state index contributed by atoms with van der Waals surface area (Å²) < 4.78 is 0. The molecule has 0 bridgehead atoms. The molecule has 2 rings (SSSR count). The van der Waals surface area contributed by atoms with E-state index in [9.17, 15) is 9.59 Å². The number of pyridine rings is 1. The van der Waals surface area contributed by atoms with Gasteiger partial charge in [0.05, 0.1) is 18.3 Å². The first kappa shape index (κ1) is 18.6. The minimum Gasteiger partial charge on any atom is -0.338 e. The van der Waals surface area contributed by atoms with Crippen molar-refractivity contribution in [2.75, 3.05) is 13.1 Å². The third-order valence-electron chi connectivity index (χ3n) is 3.51. The van der Waals surface area contributed by atoms with Crippen LogP contribution in [0, 0.1) is 5.92 Å². The Kier molecular flexibility index (Phi) is 7.10. The zero-order valence-corrected chi connectivity index (χ0v) is 14.5. The Morgan fingerprint density at radius 2 is 1.76 bits per heavy atom. The first-order chi connectivity index (χ1) is 12.1. The molecule has 0 aliphatic rings. The number of hydrogen-bond acceptors (Lipinski definition) is 4. The van der Waals surface area contributed by atoms with Gasteiger partial charge in [0.1, 0.15) is 0 Å². The molecule has 3 N–H and O–H groups in total. The molecule has 0 saturated carbocycles. The monoisotopic (exact) mass is 340 g/mol. The summed E-state index contributed by atoms with van der Waals surface area (Å²) in [5, 5.41) is 8.14. The van der Waals surface area contributed by atoms with E-state index in [-0.39, 0.29) is 12.6 Å². The highest BCUT2D eigenvalue weighted by molar-refractivity contribution is 5.95. The van der Waals surface area contributed by atoms with Crippen molar-refractivity contribution in [3.8, 4) is 0 Å². The number of urea groups is 1. The smallest absolute Gasteiger partial charge is 0.321 e. The molecule has 2 aromatic rings. The van der Waals surface area contributed by atoms with Crippen LogP contribution in [0.2, 0.25) is 0 Å². The lowest BCUT2D eigenvalue weighted by atomic mass is 10.0. The van der Waals surface area contributed by atoms with Gasteiger partial charge < -0.3 is 5.32 Å². The normalized spacial score (nSPS) is 11.8. The van der Waals surface area contributed by atoms with Crippen molar-refractivity contribution in [1.82, 2.24) is 20.9 Å². The molecule has 0 radical (unpaired) electrons. The van der Waals surface area contributed by atoms with Gasteiger partial charge in [0.15, 0.2) is 0 Å². The SMILES string of the molecule is CC(C)CNC(=O)NC(=O)CNC(c1ccccc1)c1ccccn1. The van der Waals surface area contributed by atoms with Crippen LogP contribution in [0.4, 0.5) is 4.79 Å². The second-order valence-corrected chi connectivity index (χ2v) is 6.13. The van der Waals surface area contributed by atoms with E-state index < -0.39 is 11.9 Å². The lowest BCUT2D eigenvalue weighted by molar-refractivity contribution is -0.119. The number of rotatable bonds is 7. The van der Waals surface area contributed by atoms with Crippen molar-refractivity contribution in [3.63, 3.8) is 0 Å². The molecule has 0 aliphatic carbocycles. The summed E-state index contributed by atoms with van der Waals surface area (Å²) in [4.78, 5) is 28.0. The van der Waals surface area contributed by atoms with E-state index in [0.29, 0.717) is 12.5 Å². The molecule has 1 aromatic carbocycles. The zero-order chi connectivity index (χ0) is 18.1. The van der Waals surface area contributed by atoms with Crippen LogP contribution in [0.25, 0.3) is 0 Å². The maximum Gasteiger partial charge on any atom is 0.321 e. The van der Waals surface area contributed by atoms with Gasteiger partial charge in [-0.15, -0.1) is 0 Å². The minimum atomic E-state index is -0.477. The number of amides is 3. The fraction of sp³-hybridized carbons (Fsp3) is 0.316. The van der Waals surface area contributed by atoms with Gasteiger partial charge in [0, 0.05) is 12.7 Å². The highest BCUT2D eigenvalue weighted by Crippen LogP contribution is 2.19. The molecule has 25 heavy (non-hydrogen) atoms. The molecule has 6 heteroatoms. The first-order valence-electron chi connectivity index (χ1n) is 8.33. The average Bonchev–Trinajstić information content (AvgIpc) is 2.62. The predicted molar refractivity (Wildman–Crippen MR) is 96.9 cm³/mol. The summed E-state index contributed by atoms with van der Waals surface area (Å²) in [6.45, 7) is 4.50. The van der Waals surface area contributed by atoms with E-state index in [1.807, 2.05) is 62.4 Å². The van der Waals surface area contributed by atoms with Crippen molar-refractivity contribution >= 4 is 11.9 Å². The molecule has 0 aliphatic heterocycles. The maximum atomic E-state index is 12.0. The van der Waals surface area contributed by atoms with Crippen molar-refractivity contribution in [2.24, 2.45) is 5.92 Å². The fourth-order valence-corrected chi connectivity index (χ4v) is 2.29. The van der Waals surface area contributed by atoms with Crippen LogP contribution in [0.1, 0.15) is 31.1 Å². The van der Waals surface area contributed by atoms with E-state index in [1.165, 1.54) is 0 Å². The van der Waals surface area contributed by atoms with Gasteiger partial charge in [0.25, 0.3) is 0 Å². The topological polar surface area (TPSA) is 83.1 Å². The standard InChI is InChI=1S/C19H24N4O2/c1-14(2)12-22-19(25)23-17(24)13-21-18(15-8-4-3-5-9-15)16-10-6-7-11-20-16/h3-11,14,18,21H,12-13H2,1-2H3,(H2,22,23,24,25). The fourth-order valence-electron chi connectivity index (χ4n) is 2.29. The lowest BCUT2D eigenvalue weighted by Gasteiger charge is -2.18. The van der Waals surface area contributed by atoms with Gasteiger partial charge in [-0.1, -0.05) is 50.2 Å². The van der Waals surface area contributed by atoms with Crippen LogP contribution in [-0.2, 0) is 4.79 Å². The van der Waals surface area contributed by atoms with E-state index >= 15 is 0 Å². The molecule has 3 amide bonds. The van der Waals surface area contributed by atoms with E-state index in [0.717, 1.165) is 11.3 Å². The van der Waals surface area contributed by atoms with Crippen molar-refractivity contribution in [2.45, 2.75) is 19.9 Å². The highest BCUT2D eigenvalue weighted by atomic mass is 16.2. The molecule has 0 spiro atoms. The Bertz CT molecular complexity index is 635. The second-order valence-electron chi connectivity index (χ2n) is 6.13. The number of aromatic nitrogens is 1. The van der Waals surface area contributed by atoms with Crippen LogP contribution >= 0.6 is 0 Å². The van der Waals surface area contributed by atoms with E-state index in [2.05, 4.69) is 20.9 Å². The molecule has 1 heterocycles. The van der Waals surface area contributed by atoms with Crippen molar-refractivity contribution in [3.05, 3.63) is 66.0 Å². The quantitative estimate of drug-likeness (QED) is 0.722. The third kappa shape index (κ3) is 6.35. The van der Waals surface area contributed by atoms with Gasteiger partial charge in [-0.25, -0.2) is 4.79 Å². The summed E-state index contributed by atoms with van der Waals surface area (Å²) in [5.74, 6) is -0.0660. The molecule has 1 aromatic heterocycles. The molecule has 0 fully saturated rings. The van der Waals surface area contributed by atoms with Crippen molar-refractivity contribution in [1.29, 1.82) is 0 Å². The van der Waals surface area contributed by atoms with Crippen LogP contribution in [0.3, 0.4) is 0 Å². The average molecular weight is 340 g/mol. The van der Waals surface area contributed by atoms with Crippen molar-refractivity contribution < 1.29 is 9.59 Å². The van der Waals surface area contributed by atoms with E-state index in [4.69, 9.17) is 0 Å². The molecular formula is C19H24N4O2. The van der Waals surface area contributed by atoms with Gasteiger partial charge >= 0.3 is 6.03 Å². The number of nitrogens with zero attached hydrogens (tertiary/aromatic N) is 1. The number of imide groups is 1. The summed E-state index contributed by atoms with van der Waals surface area (Å²) in [7, 11) is 0. The van der Waals surface area contributed by atoms with Crippen LogP contribution in [-0.4, -0.2) is 30.0 Å². The largest absolute Gasteiger partial charge is 0.338 e. The third-order valence-corrected chi connectivity index (χ3v) is 3.51. The number of benzene rings is 1. The molecular weight excluding hydrogens is 316 g/mol. The Hall–Kier alpha value is -2.73. The Balaban J connectivity index is 1.96. The number of carbonyl (C=O) groups is 2. The Labute approximate surface area is 148 Å². The second kappa shape index (κ2) is 9.54. The van der Waals surface area contributed by atoms with Gasteiger partial charge in [-0.3, -0.25) is 20.4 Å². The molecule has 132 valence electrons. The first-order valence-corrected chi connectivity index (χ1v) is 8.33. The summed E-state index contributed by atoms with van der Waals surface area (Å²) in [6, 6.07) is 14.7.